The van der Waals surface area contributed by atoms with Gasteiger partial charge in [-0.1, -0.05) is 0 Å². The molecule has 2 rings (SSSR count). The van der Waals surface area contributed by atoms with Crippen molar-refractivity contribution >= 4 is 29.3 Å². The zero-order valence-electron chi connectivity index (χ0n) is 7.60. The molecular formula is C9H10ClN3O. The fourth-order valence-corrected chi connectivity index (χ4v) is 1.14. The highest BCUT2D eigenvalue weighted by Crippen LogP contribution is 2.18. The van der Waals surface area contributed by atoms with Crippen molar-refractivity contribution in [3.63, 3.8) is 0 Å². The molecule has 1 aromatic carbocycles. The minimum atomic E-state index is 0. The lowest BCUT2D eigenvalue weighted by molar-refractivity contribution is 0.415. The topological polar surface area (TPSA) is 61.0 Å². The molecule has 0 aliphatic heterocycles. The van der Waals surface area contributed by atoms with Gasteiger partial charge in [-0.3, -0.25) is 0 Å². The van der Waals surface area contributed by atoms with E-state index in [0.717, 1.165) is 16.7 Å². The molecule has 0 unspecified atom stereocenters. The minimum absolute atomic E-state index is 0. The van der Waals surface area contributed by atoms with Crippen LogP contribution in [0.15, 0.2) is 24.4 Å². The van der Waals surface area contributed by atoms with Gasteiger partial charge in [0.2, 0.25) is 5.95 Å². The van der Waals surface area contributed by atoms with E-state index in [4.69, 9.17) is 10.5 Å². The monoisotopic (exact) mass is 211 g/mol. The van der Waals surface area contributed by atoms with Gasteiger partial charge in [-0.05, 0) is 12.1 Å². The summed E-state index contributed by atoms with van der Waals surface area (Å²) >= 11 is 0. The van der Waals surface area contributed by atoms with Crippen LogP contribution < -0.4 is 10.5 Å². The fourth-order valence-electron chi connectivity index (χ4n) is 1.14. The average molecular weight is 212 g/mol. The van der Waals surface area contributed by atoms with Crippen molar-refractivity contribution in [3.8, 4) is 5.75 Å². The second kappa shape index (κ2) is 4.11. The molecule has 0 amide bonds. The van der Waals surface area contributed by atoms with Gasteiger partial charge >= 0.3 is 0 Å². The number of ether oxygens (including phenoxy) is 1. The van der Waals surface area contributed by atoms with E-state index >= 15 is 0 Å². The number of anilines is 1. The zero-order chi connectivity index (χ0) is 9.26. The number of nitrogens with two attached hydrogens (primary N) is 1. The molecule has 2 aromatic rings. The van der Waals surface area contributed by atoms with Crippen LogP contribution in [0.1, 0.15) is 0 Å². The number of methoxy groups -OCH3 is 1. The first-order valence-corrected chi connectivity index (χ1v) is 3.86. The van der Waals surface area contributed by atoms with Crippen LogP contribution in [0.4, 0.5) is 5.95 Å². The lowest BCUT2D eigenvalue weighted by atomic mass is 10.2. The van der Waals surface area contributed by atoms with Gasteiger partial charge in [-0.25, -0.2) is 9.97 Å². The van der Waals surface area contributed by atoms with Crippen LogP contribution >= 0.6 is 12.4 Å². The summed E-state index contributed by atoms with van der Waals surface area (Å²) in [6.07, 6.45) is 1.69. The maximum Gasteiger partial charge on any atom is 0.220 e. The number of rotatable bonds is 1. The van der Waals surface area contributed by atoms with Crippen LogP contribution in [0.2, 0.25) is 0 Å². The third-order valence-electron chi connectivity index (χ3n) is 1.81. The number of hydrogen-bond donors (Lipinski definition) is 1. The molecule has 14 heavy (non-hydrogen) atoms. The van der Waals surface area contributed by atoms with Gasteiger partial charge in [0.1, 0.15) is 5.75 Å². The molecule has 1 heterocycles. The van der Waals surface area contributed by atoms with Gasteiger partial charge in [0.15, 0.2) is 0 Å². The van der Waals surface area contributed by atoms with Crippen LogP contribution in [0, 0.1) is 0 Å². The van der Waals surface area contributed by atoms with Crippen molar-refractivity contribution in [2.24, 2.45) is 0 Å². The van der Waals surface area contributed by atoms with E-state index in [0.29, 0.717) is 0 Å². The smallest absolute Gasteiger partial charge is 0.220 e. The molecule has 5 heteroatoms. The number of halogens is 1. The Morgan fingerprint density at radius 2 is 2.14 bits per heavy atom. The normalized spacial score (nSPS) is 9.50. The van der Waals surface area contributed by atoms with Crippen molar-refractivity contribution in [1.82, 2.24) is 9.97 Å². The third-order valence-corrected chi connectivity index (χ3v) is 1.81. The number of hydrogen-bond acceptors (Lipinski definition) is 4. The number of fused-ring (bicyclic) bond motifs is 1. The molecule has 2 N–H and O–H groups in total. The standard InChI is InChI=1S/C9H9N3O.ClH/c1-13-7-3-2-6-5-11-9(10)12-8(6)4-7;/h2-5H,1H3,(H2,10,11,12);1H. The summed E-state index contributed by atoms with van der Waals surface area (Å²) < 4.78 is 5.06. The van der Waals surface area contributed by atoms with E-state index in [9.17, 15) is 0 Å². The van der Waals surface area contributed by atoms with Gasteiger partial charge in [-0.2, -0.15) is 0 Å². The van der Waals surface area contributed by atoms with Crippen LogP contribution in [0.25, 0.3) is 10.9 Å². The SMILES string of the molecule is COc1ccc2cnc(N)nc2c1.Cl. The second-order valence-electron chi connectivity index (χ2n) is 2.65. The van der Waals surface area contributed by atoms with Gasteiger partial charge in [0.05, 0.1) is 12.6 Å². The van der Waals surface area contributed by atoms with E-state index in [1.165, 1.54) is 0 Å². The van der Waals surface area contributed by atoms with E-state index in [-0.39, 0.29) is 18.4 Å². The molecule has 4 nitrogen and oxygen atoms in total. The van der Waals surface area contributed by atoms with Crippen molar-refractivity contribution < 1.29 is 4.74 Å². The zero-order valence-corrected chi connectivity index (χ0v) is 8.41. The highest BCUT2D eigenvalue weighted by Gasteiger charge is 1.98. The quantitative estimate of drug-likeness (QED) is 0.779. The Hall–Kier alpha value is -1.55. The molecule has 0 atom stereocenters. The summed E-state index contributed by atoms with van der Waals surface area (Å²) in [6, 6.07) is 5.59. The maximum absolute atomic E-state index is 5.45. The molecule has 1 aromatic heterocycles. The fraction of sp³-hybridized carbons (Fsp3) is 0.111. The lowest BCUT2D eigenvalue weighted by Crippen LogP contribution is -1.94. The molecule has 0 saturated heterocycles. The largest absolute Gasteiger partial charge is 0.497 e. The summed E-state index contributed by atoms with van der Waals surface area (Å²) in [5.41, 5.74) is 6.25. The highest BCUT2D eigenvalue weighted by atomic mass is 35.5. The van der Waals surface area contributed by atoms with Crippen molar-refractivity contribution in [2.75, 3.05) is 12.8 Å². The Bertz CT molecular complexity index is 447. The van der Waals surface area contributed by atoms with Crippen LogP contribution in [-0.2, 0) is 0 Å². The number of benzene rings is 1. The van der Waals surface area contributed by atoms with Gasteiger partial charge in [0.25, 0.3) is 0 Å². The maximum atomic E-state index is 5.45. The first kappa shape index (κ1) is 10.5. The Morgan fingerprint density at radius 3 is 2.86 bits per heavy atom. The second-order valence-corrected chi connectivity index (χ2v) is 2.65. The van der Waals surface area contributed by atoms with Crippen LogP contribution in [0.3, 0.4) is 0 Å². The van der Waals surface area contributed by atoms with Gasteiger partial charge in [0, 0.05) is 17.6 Å². The molecular weight excluding hydrogens is 202 g/mol. The summed E-state index contributed by atoms with van der Waals surface area (Å²) in [5, 5.41) is 0.954. The molecule has 0 radical (unpaired) electrons. The number of aromatic nitrogens is 2. The summed E-state index contributed by atoms with van der Waals surface area (Å²) in [4.78, 5) is 7.96. The van der Waals surface area contributed by atoms with Crippen LogP contribution in [0.5, 0.6) is 5.75 Å². The van der Waals surface area contributed by atoms with E-state index in [1.807, 2.05) is 18.2 Å². The van der Waals surface area contributed by atoms with Crippen molar-refractivity contribution in [2.45, 2.75) is 0 Å². The van der Waals surface area contributed by atoms with Gasteiger partial charge < -0.3 is 10.5 Å². The van der Waals surface area contributed by atoms with E-state index in [2.05, 4.69) is 9.97 Å². The van der Waals surface area contributed by atoms with Gasteiger partial charge in [-0.15, -0.1) is 12.4 Å². The Balaban J connectivity index is 0.000000980. The molecule has 0 spiro atoms. The third kappa shape index (κ3) is 1.85. The molecule has 0 bridgehead atoms. The molecule has 0 saturated carbocycles. The highest BCUT2D eigenvalue weighted by molar-refractivity contribution is 5.85. The van der Waals surface area contributed by atoms with E-state index < -0.39 is 0 Å². The average Bonchev–Trinajstić information content (AvgIpc) is 2.16. The number of nitrogens with zero attached hydrogens (tertiary/aromatic N) is 2. The Morgan fingerprint density at radius 1 is 1.36 bits per heavy atom. The summed E-state index contributed by atoms with van der Waals surface area (Å²) in [6.45, 7) is 0. The molecule has 0 aliphatic carbocycles. The predicted octanol–water partition coefficient (Wildman–Crippen LogP) is 1.64. The van der Waals surface area contributed by atoms with Crippen LogP contribution in [-0.4, -0.2) is 17.1 Å². The Labute approximate surface area is 87.5 Å². The first-order chi connectivity index (χ1) is 6.29. The summed E-state index contributed by atoms with van der Waals surface area (Å²) in [5.74, 6) is 1.05. The predicted molar refractivity (Wildman–Crippen MR) is 57.8 cm³/mol. The van der Waals surface area contributed by atoms with Crippen molar-refractivity contribution in [1.29, 1.82) is 0 Å². The molecule has 0 aliphatic rings. The lowest BCUT2D eigenvalue weighted by Gasteiger charge is -2.01. The first-order valence-electron chi connectivity index (χ1n) is 3.86. The van der Waals surface area contributed by atoms with E-state index in [1.54, 1.807) is 13.3 Å². The number of nitrogen functional groups attached to an aromatic ring is 1. The van der Waals surface area contributed by atoms with Crippen molar-refractivity contribution in [3.05, 3.63) is 24.4 Å². The summed E-state index contributed by atoms with van der Waals surface area (Å²) in [7, 11) is 1.62. The molecule has 74 valence electrons. The molecule has 0 fully saturated rings. The Kier molecular flexibility index (Phi) is 3.09. The minimum Gasteiger partial charge on any atom is -0.497 e.